The minimum Gasteiger partial charge on any atom is -0.295 e. The van der Waals surface area contributed by atoms with Gasteiger partial charge in [0, 0.05) is 37.2 Å². The highest BCUT2D eigenvalue weighted by Gasteiger charge is 2.25. The average Bonchev–Trinajstić information content (AvgIpc) is 2.85. The molecular weight excluding hydrogens is 409 g/mol. The first-order valence-corrected chi connectivity index (χ1v) is 10.5. The third-order valence-electron chi connectivity index (χ3n) is 4.60. The van der Waals surface area contributed by atoms with Crippen molar-refractivity contribution in [3.8, 4) is 0 Å². The molecule has 6 nitrogen and oxygen atoms in total. The third kappa shape index (κ3) is 3.52. The molecule has 9 heteroatoms. The van der Waals surface area contributed by atoms with E-state index in [-0.39, 0.29) is 23.7 Å². The van der Waals surface area contributed by atoms with Gasteiger partial charge in [0.2, 0.25) is 10.0 Å². The van der Waals surface area contributed by atoms with E-state index in [2.05, 4.69) is 0 Å². The van der Waals surface area contributed by atoms with Crippen LogP contribution in [0.2, 0.25) is 10.0 Å². The van der Waals surface area contributed by atoms with Crippen LogP contribution in [0.15, 0.2) is 46.1 Å². The maximum absolute atomic E-state index is 13.2. The van der Waals surface area contributed by atoms with E-state index in [0.29, 0.717) is 26.6 Å². The minimum absolute atomic E-state index is 0.126. The van der Waals surface area contributed by atoms with Crippen molar-refractivity contribution < 1.29 is 8.42 Å². The van der Waals surface area contributed by atoms with Crippen molar-refractivity contribution in [3.05, 3.63) is 62.5 Å². The van der Waals surface area contributed by atoms with Gasteiger partial charge in [0.15, 0.2) is 0 Å². The van der Waals surface area contributed by atoms with E-state index < -0.39 is 10.0 Å². The van der Waals surface area contributed by atoms with Crippen LogP contribution in [0.5, 0.6) is 0 Å². The Hall–Kier alpha value is -1.80. The smallest absolute Gasteiger partial charge is 0.295 e. The Morgan fingerprint density at radius 1 is 1.00 bits per heavy atom. The van der Waals surface area contributed by atoms with Crippen molar-refractivity contribution in [2.45, 2.75) is 18.4 Å². The van der Waals surface area contributed by atoms with Crippen molar-refractivity contribution in [1.29, 1.82) is 0 Å². The molecule has 0 saturated heterocycles. The van der Waals surface area contributed by atoms with Crippen LogP contribution in [-0.4, -0.2) is 28.4 Å². The van der Waals surface area contributed by atoms with E-state index in [4.69, 9.17) is 23.2 Å². The van der Waals surface area contributed by atoms with Crippen molar-refractivity contribution in [2.24, 2.45) is 14.1 Å². The molecule has 3 rings (SSSR count). The molecule has 0 N–H and O–H groups in total. The van der Waals surface area contributed by atoms with Gasteiger partial charge in [0.1, 0.15) is 0 Å². The SMILES string of the molecule is CCN(Cc1ccc(Cl)cc1Cl)S(=O)(=O)c1ccc2c(c1)n(C)c(=O)n2C. The Bertz CT molecular complexity index is 1180. The Balaban J connectivity index is 2.04. The molecule has 144 valence electrons. The highest BCUT2D eigenvalue weighted by Crippen LogP contribution is 2.26. The Labute approximate surface area is 167 Å². The number of hydrogen-bond acceptors (Lipinski definition) is 3. The van der Waals surface area contributed by atoms with Crippen molar-refractivity contribution in [3.63, 3.8) is 0 Å². The number of aromatic nitrogens is 2. The van der Waals surface area contributed by atoms with Crippen molar-refractivity contribution in [1.82, 2.24) is 13.4 Å². The van der Waals surface area contributed by atoms with E-state index >= 15 is 0 Å². The zero-order chi connectivity index (χ0) is 19.9. The topological polar surface area (TPSA) is 64.3 Å². The summed E-state index contributed by atoms with van der Waals surface area (Å²) < 4.78 is 30.6. The van der Waals surface area contributed by atoms with Crippen LogP contribution in [0.4, 0.5) is 0 Å². The van der Waals surface area contributed by atoms with Crippen molar-refractivity contribution in [2.75, 3.05) is 6.54 Å². The highest BCUT2D eigenvalue weighted by molar-refractivity contribution is 7.89. The molecule has 2 aromatic carbocycles. The Morgan fingerprint density at radius 3 is 2.30 bits per heavy atom. The summed E-state index contributed by atoms with van der Waals surface area (Å²) in [4.78, 5) is 12.2. The van der Waals surface area contributed by atoms with Crippen LogP contribution in [0.25, 0.3) is 11.0 Å². The molecule has 0 radical (unpaired) electrons. The molecule has 0 amide bonds. The molecule has 1 aromatic heterocycles. The molecule has 0 bridgehead atoms. The second kappa shape index (κ2) is 7.31. The van der Waals surface area contributed by atoms with Gasteiger partial charge in [-0.1, -0.05) is 36.2 Å². The fourth-order valence-electron chi connectivity index (χ4n) is 3.00. The van der Waals surface area contributed by atoms with E-state index in [1.165, 1.54) is 25.6 Å². The van der Waals surface area contributed by atoms with Crippen LogP contribution >= 0.6 is 23.2 Å². The first kappa shape index (κ1) is 19.9. The van der Waals surface area contributed by atoms with E-state index in [9.17, 15) is 13.2 Å². The number of hydrogen-bond donors (Lipinski definition) is 0. The lowest BCUT2D eigenvalue weighted by atomic mass is 10.2. The Kier molecular flexibility index (Phi) is 5.40. The van der Waals surface area contributed by atoms with Gasteiger partial charge >= 0.3 is 5.69 Å². The molecule has 0 saturated carbocycles. The van der Waals surface area contributed by atoms with E-state index in [0.717, 1.165) is 0 Å². The predicted octanol–water partition coefficient (Wildman–Crippen LogP) is 3.39. The first-order chi connectivity index (χ1) is 12.7. The number of aryl methyl sites for hydroxylation is 2. The summed E-state index contributed by atoms with van der Waals surface area (Å²) in [6.45, 7) is 2.16. The number of fused-ring (bicyclic) bond motifs is 1. The summed E-state index contributed by atoms with van der Waals surface area (Å²) >= 11 is 12.1. The normalized spacial score (nSPS) is 12.2. The van der Waals surface area contributed by atoms with E-state index in [1.807, 2.05) is 0 Å². The molecule has 3 aromatic rings. The molecule has 0 aliphatic carbocycles. The lowest BCUT2D eigenvalue weighted by Gasteiger charge is -2.21. The summed E-state index contributed by atoms with van der Waals surface area (Å²) in [6, 6.07) is 9.67. The molecular formula is C18H19Cl2N3O3S. The maximum atomic E-state index is 13.2. The highest BCUT2D eigenvalue weighted by atomic mass is 35.5. The van der Waals surface area contributed by atoms with Gasteiger partial charge in [-0.15, -0.1) is 0 Å². The molecule has 1 heterocycles. The van der Waals surface area contributed by atoms with Gasteiger partial charge in [-0.2, -0.15) is 4.31 Å². The number of imidazole rings is 1. The second-order valence-electron chi connectivity index (χ2n) is 6.22. The number of sulfonamides is 1. The first-order valence-electron chi connectivity index (χ1n) is 8.26. The van der Waals surface area contributed by atoms with Gasteiger partial charge in [0.05, 0.1) is 15.9 Å². The number of rotatable bonds is 5. The van der Waals surface area contributed by atoms with E-state index in [1.54, 1.807) is 45.3 Å². The van der Waals surface area contributed by atoms with Crippen LogP contribution in [-0.2, 0) is 30.7 Å². The van der Waals surface area contributed by atoms with Crippen LogP contribution in [0.3, 0.4) is 0 Å². The van der Waals surface area contributed by atoms with Crippen LogP contribution in [0, 0.1) is 0 Å². The van der Waals surface area contributed by atoms with Crippen LogP contribution < -0.4 is 5.69 Å². The van der Waals surface area contributed by atoms with Crippen LogP contribution in [0.1, 0.15) is 12.5 Å². The molecule has 0 fully saturated rings. The van der Waals surface area contributed by atoms with Gasteiger partial charge in [-0.25, -0.2) is 13.2 Å². The monoisotopic (exact) mass is 427 g/mol. The zero-order valence-electron chi connectivity index (χ0n) is 15.1. The number of benzene rings is 2. The number of nitrogens with zero attached hydrogens (tertiary/aromatic N) is 3. The average molecular weight is 428 g/mol. The predicted molar refractivity (Wildman–Crippen MR) is 108 cm³/mol. The lowest BCUT2D eigenvalue weighted by Crippen LogP contribution is -2.30. The molecule has 0 unspecified atom stereocenters. The lowest BCUT2D eigenvalue weighted by molar-refractivity contribution is 0.423. The largest absolute Gasteiger partial charge is 0.328 e. The Morgan fingerprint density at radius 2 is 1.67 bits per heavy atom. The fraction of sp³-hybridized carbons (Fsp3) is 0.278. The zero-order valence-corrected chi connectivity index (χ0v) is 17.4. The van der Waals surface area contributed by atoms with Gasteiger partial charge in [-0.3, -0.25) is 9.13 Å². The molecule has 0 spiro atoms. The van der Waals surface area contributed by atoms with Gasteiger partial charge < -0.3 is 0 Å². The van der Waals surface area contributed by atoms with Gasteiger partial charge in [0.25, 0.3) is 0 Å². The second-order valence-corrected chi connectivity index (χ2v) is 9.00. The third-order valence-corrected chi connectivity index (χ3v) is 7.10. The summed E-state index contributed by atoms with van der Waals surface area (Å²) in [5, 5.41) is 0.905. The summed E-state index contributed by atoms with van der Waals surface area (Å²) in [5.41, 5.74) is 1.69. The minimum atomic E-state index is -3.77. The summed E-state index contributed by atoms with van der Waals surface area (Å²) in [6.07, 6.45) is 0. The quantitative estimate of drug-likeness (QED) is 0.626. The standard InChI is InChI=1S/C18H19Cl2N3O3S/c1-4-23(11-12-5-6-13(19)9-15(12)20)27(25,26)14-7-8-16-17(10-14)22(3)18(24)21(16)2/h5-10H,4,11H2,1-3H3. The van der Waals surface area contributed by atoms with Crippen molar-refractivity contribution >= 4 is 44.3 Å². The van der Waals surface area contributed by atoms with Gasteiger partial charge in [-0.05, 0) is 35.9 Å². The molecule has 0 atom stereocenters. The maximum Gasteiger partial charge on any atom is 0.328 e. The summed E-state index contributed by atoms with van der Waals surface area (Å²) in [5.74, 6) is 0. The molecule has 0 aliphatic rings. The fourth-order valence-corrected chi connectivity index (χ4v) is 4.92. The number of halogens is 2. The molecule has 0 aliphatic heterocycles. The summed E-state index contributed by atoms with van der Waals surface area (Å²) in [7, 11) is -0.501. The molecule has 27 heavy (non-hydrogen) atoms.